The maximum Gasteiger partial charge on any atom is 0.237 e. The minimum Gasteiger partial charge on any atom is -0.358 e. The second-order valence-corrected chi connectivity index (χ2v) is 4.15. The molecule has 1 fully saturated rings. The second-order valence-electron chi connectivity index (χ2n) is 4.15. The van der Waals surface area contributed by atoms with E-state index in [0.29, 0.717) is 0 Å². The first-order chi connectivity index (χ1) is 7.07. The zero-order valence-electron chi connectivity index (χ0n) is 9.75. The average molecular weight is 212 g/mol. The molecule has 0 radical (unpaired) electrons. The fourth-order valence-corrected chi connectivity index (χ4v) is 2.10. The molecule has 0 aromatic carbocycles. The van der Waals surface area contributed by atoms with Gasteiger partial charge in [-0.3, -0.25) is 14.5 Å². The highest BCUT2D eigenvalue weighted by molar-refractivity contribution is 5.84. The van der Waals surface area contributed by atoms with E-state index in [1.165, 1.54) is 0 Å². The molecule has 1 rings (SSSR count). The highest BCUT2D eigenvalue weighted by Crippen LogP contribution is 2.20. The minimum absolute atomic E-state index is 0.0304. The molecule has 1 saturated heterocycles. The van der Waals surface area contributed by atoms with Crippen LogP contribution in [0, 0.1) is 0 Å². The normalized spacial score (nSPS) is 24.6. The van der Waals surface area contributed by atoms with Crippen LogP contribution < -0.4 is 5.32 Å². The Labute approximate surface area is 91.0 Å². The number of rotatable bonds is 3. The van der Waals surface area contributed by atoms with Crippen LogP contribution >= 0.6 is 0 Å². The van der Waals surface area contributed by atoms with Crippen molar-refractivity contribution in [3.8, 4) is 0 Å². The highest BCUT2D eigenvalue weighted by Gasteiger charge is 2.32. The predicted molar refractivity (Wildman–Crippen MR) is 58.6 cm³/mol. The van der Waals surface area contributed by atoms with Crippen LogP contribution in [0.4, 0.5) is 0 Å². The summed E-state index contributed by atoms with van der Waals surface area (Å²) in [5.74, 6) is 0.161. The van der Waals surface area contributed by atoms with E-state index in [4.69, 9.17) is 0 Å². The van der Waals surface area contributed by atoms with Gasteiger partial charge in [0.25, 0.3) is 0 Å². The zero-order chi connectivity index (χ0) is 11.4. The van der Waals surface area contributed by atoms with E-state index in [1.54, 1.807) is 14.0 Å². The van der Waals surface area contributed by atoms with E-state index in [2.05, 4.69) is 5.32 Å². The van der Waals surface area contributed by atoms with Gasteiger partial charge >= 0.3 is 0 Å². The van der Waals surface area contributed by atoms with Crippen molar-refractivity contribution in [1.82, 2.24) is 10.2 Å². The average Bonchev–Trinajstić information content (AvgIpc) is 2.27. The molecule has 0 bridgehead atoms. The zero-order valence-corrected chi connectivity index (χ0v) is 9.75. The number of carbonyl (C=O) groups is 2. The van der Waals surface area contributed by atoms with E-state index in [9.17, 15) is 9.59 Å². The lowest BCUT2D eigenvalue weighted by molar-refractivity contribution is -0.131. The van der Waals surface area contributed by atoms with Gasteiger partial charge in [-0.25, -0.2) is 0 Å². The molecule has 2 atom stereocenters. The fraction of sp³-hybridized carbons (Fsp3) is 0.818. The van der Waals surface area contributed by atoms with Gasteiger partial charge in [0, 0.05) is 7.05 Å². The van der Waals surface area contributed by atoms with E-state index in [0.717, 1.165) is 25.8 Å². The number of hydrogen-bond acceptors (Lipinski definition) is 3. The first-order valence-electron chi connectivity index (χ1n) is 5.55. The maximum absolute atomic E-state index is 11.6. The van der Waals surface area contributed by atoms with Gasteiger partial charge in [0.05, 0.1) is 12.1 Å². The second kappa shape index (κ2) is 5.26. The Kier molecular flexibility index (Phi) is 4.27. The van der Waals surface area contributed by atoms with Crippen molar-refractivity contribution >= 4 is 11.7 Å². The third kappa shape index (κ3) is 2.78. The summed E-state index contributed by atoms with van der Waals surface area (Å²) in [4.78, 5) is 25.0. The largest absolute Gasteiger partial charge is 0.358 e. The maximum atomic E-state index is 11.6. The molecule has 0 aromatic rings. The molecule has 1 amide bonds. The monoisotopic (exact) mass is 212 g/mol. The summed E-state index contributed by atoms with van der Waals surface area (Å²) >= 11 is 0. The fourth-order valence-electron chi connectivity index (χ4n) is 2.10. The molecule has 0 spiro atoms. The molecule has 1 heterocycles. The Morgan fingerprint density at radius 1 is 1.40 bits per heavy atom. The summed E-state index contributed by atoms with van der Waals surface area (Å²) in [5, 5.41) is 2.67. The van der Waals surface area contributed by atoms with Crippen LogP contribution in [0.5, 0.6) is 0 Å². The van der Waals surface area contributed by atoms with Crippen molar-refractivity contribution in [2.75, 3.05) is 13.6 Å². The minimum atomic E-state index is -0.146. The van der Waals surface area contributed by atoms with Gasteiger partial charge in [-0.1, -0.05) is 6.42 Å². The van der Waals surface area contributed by atoms with Gasteiger partial charge in [0.1, 0.15) is 5.78 Å². The lowest BCUT2D eigenvalue weighted by Gasteiger charge is -2.37. The van der Waals surface area contributed by atoms with Gasteiger partial charge in [0.2, 0.25) is 5.91 Å². The summed E-state index contributed by atoms with van der Waals surface area (Å²) < 4.78 is 0. The summed E-state index contributed by atoms with van der Waals surface area (Å²) in [6.45, 7) is 4.31. The number of amides is 1. The molecule has 1 aliphatic heterocycles. The summed E-state index contributed by atoms with van der Waals surface area (Å²) in [6, 6.07) is -0.268. The lowest BCUT2D eigenvalue weighted by atomic mass is 9.98. The first kappa shape index (κ1) is 12.2. The van der Waals surface area contributed by atoms with Crippen LogP contribution in [0.2, 0.25) is 0 Å². The van der Waals surface area contributed by atoms with Gasteiger partial charge in [-0.2, -0.15) is 0 Å². The van der Waals surface area contributed by atoms with Gasteiger partial charge in [-0.05, 0) is 33.2 Å². The number of nitrogens with zero attached hydrogens (tertiary/aromatic N) is 1. The standard InChI is InChI=1S/C11H20N2O2/c1-8(9(2)14)13-7-5-4-6-10(13)11(15)12-3/h8,10H,4-7H2,1-3H3,(H,12,15). The van der Waals surface area contributed by atoms with Crippen LogP contribution in [0.1, 0.15) is 33.1 Å². The molecular weight excluding hydrogens is 192 g/mol. The van der Waals surface area contributed by atoms with Gasteiger partial charge in [-0.15, -0.1) is 0 Å². The molecule has 4 nitrogen and oxygen atoms in total. The lowest BCUT2D eigenvalue weighted by Crippen LogP contribution is -2.53. The number of hydrogen-bond donors (Lipinski definition) is 1. The number of Topliss-reactive ketones (excluding diaryl/α,β-unsaturated/α-hetero) is 1. The molecular formula is C11H20N2O2. The molecule has 2 unspecified atom stereocenters. The van der Waals surface area contributed by atoms with Crippen molar-refractivity contribution in [3.05, 3.63) is 0 Å². The SMILES string of the molecule is CNC(=O)C1CCCCN1C(C)C(C)=O. The van der Waals surface area contributed by atoms with E-state index < -0.39 is 0 Å². The molecule has 86 valence electrons. The van der Waals surface area contributed by atoms with Crippen molar-refractivity contribution in [1.29, 1.82) is 0 Å². The number of likely N-dealkylation sites (tertiary alicyclic amines) is 1. The third-order valence-corrected chi connectivity index (χ3v) is 3.18. The van der Waals surface area contributed by atoms with Gasteiger partial charge < -0.3 is 5.32 Å². The highest BCUT2D eigenvalue weighted by atomic mass is 16.2. The Morgan fingerprint density at radius 2 is 2.07 bits per heavy atom. The van der Waals surface area contributed by atoms with Crippen molar-refractivity contribution < 1.29 is 9.59 Å². The van der Waals surface area contributed by atoms with Crippen LogP contribution in [0.3, 0.4) is 0 Å². The van der Waals surface area contributed by atoms with Crippen LogP contribution in [0.15, 0.2) is 0 Å². The smallest absolute Gasteiger partial charge is 0.237 e. The molecule has 1 N–H and O–H groups in total. The van der Waals surface area contributed by atoms with Crippen LogP contribution in [-0.4, -0.2) is 42.3 Å². The summed E-state index contributed by atoms with van der Waals surface area (Å²) in [6.07, 6.45) is 3.00. The molecule has 15 heavy (non-hydrogen) atoms. The Balaban J connectivity index is 2.73. The van der Waals surface area contributed by atoms with E-state index in [-0.39, 0.29) is 23.8 Å². The quantitative estimate of drug-likeness (QED) is 0.744. The topological polar surface area (TPSA) is 49.4 Å². The summed E-state index contributed by atoms with van der Waals surface area (Å²) in [5.41, 5.74) is 0. The number of nitrogens with one attached hydrogen (secondary N) is 1. The van der Waals surface area contributed by atoms with E-state index >= 15 is 0 Å². The molecule has 0 aromatic heterocycles. The Bertz CT molecular complexity index is 253. The predicted octanol–water partition coefficient (Wildman–Crippen LogP) is 0.564. The van der Waals surface area contributed by atoms with E-state index in [1.807, 2.05) is 11.8 Å². The first-order valence-corrected chi connectivity index (χ1v) is 5.55. The molecule has 4 heteroatoms. The summed E-state index contributed by atoms with van der Waals surface area (Å²) in [7, 11) is 1.65. The molecule has 0 saturated carbocycles. The van der Waals surface area contributed by atoms with Crippen molar-refractivity contribution in [2.24, 2.45) is 0 Å². The third-order valence-electron chi connectivity index (χ3n) is 3.18. The number of carbonyl (C=O) groups excluding carboxylic acids is 2. The Hall–Kier alpha value is -0.900. The molecule has 0 aliphatic carbocycles. The van der Waals surface area contributed by atoms with Crippen molar-refractivity contribution in [2.45, 2.75) is 45.2 Å². The van der Waals surface area contributed by atoms with Crippen LogP contribution in [-0.2, 0) is 9.59 Å². The van der Waals surface area contributed by atoms with Crippen molar-refractivity contribution in [3.63, 3.8) is 0 Å². The molecule has 1 aliphatic rings. The number of piperidine rings is 1. The number of likely N-dealkylation sites (N-methyl/N-ethyl adjacent to an activating group) is 1. The van der Waals surface area contributed by atoms with Gasteiger partial charge in [0.15, 0.2) is 0 Å². The van der Waals surface area contributed by atoms with Crippen LogP contribution in [0.25, 0.3) is 0 Å². The Morgan fingerprint density at radius 3 is 2.60 bits per heavy atom. The number of ketones is 1.